The van der Waals surface area contributed by atoms with Crippen LogP contribution >= 0.6 is 0 Å². The Morgan fingerprint density at radius 2 is 1.53 bits per heavy atom. The molecular formula is C54H63N5O17. The Morgan fingerprint density at radius 1 is 0.842 bits per heavy atom. The van der Waals surface area contributed by atoms with Crippen molar-refractivity contribution < 1.29 is 72.8 Å². The number of hydrogen-bond acceptors (Lipinski definition) is 18. The molecule has 22 nitrogen and oxygen atoms in total. The molecule has 0 aromatic heterocycles. The molecule has 1 fully saturated rings. The maximum Gasteiger partial charge on any atom is 0.417 e. The average Bonchev–Trinajstić information content (AvgIpc) is 3.57. The number of aliphatic hydroxyl groups excluding tert-OH is 3. The first-order chi connectivity index (χ1) is 36.9. The van der Waals surface area contributed by atoms with Gasteiger partial charge in [0, 0.05) is 68.0 Å². The van der Waals surface area contributed by atoms with Crippen molar-refractivity contribution in [2.24, 2.45) is 22.9 Å². The molecule has 22 heteroatoms. The average molecular weight is 1050 g/mol. The molecule has 6 unspecified atom stereocenters. The van der Waals surface area contributed by atoms with Gasteiger partial charge in [-0.1, -0.05) is 30.1 Å². The van der Waals surface area contributed by atoms with Crippen molar-refractivity contribution in [3.8, 4) is 28.7 Å². The van der Waals surface area contributed by atoms with E-state index in [1.807, 2.05) is 0 Å². The van der Waals surface area contributed by atoms with Crippen molar-refractivity contribution in [3.05, 3.63) is 141 Å². The summed E-state index contributed by atoms with van der Waals surface area (Å²) in [5.74, 6) is -2.22. The summed E-state index contributed by atoms with van der Waals surface area (Å²) >= 11 is 0. The van der Waals surface area contributed by atoms with E-state index in [9.17, 15) is 45.1 Å². The molecular weight excluding hydrogens is 991 g/mol. The highest BCUT2D eigenvalue weighted by molar-refractivity contribution is 6.03. The van der Waals surface area contributed by atoms with Gasteiger partial charge in [-0.05, 0) is 103 Å². The lowest BCUT2D eigenvalue weighted by atomic mass is 9.55. The second kappa shape index (κ2) is 26.7. The van der Waals surface area contributed by atoms with Gasteiger partial charge in [0.15, 0.2) is 0 Å². The van der Waals surface area contributed by atoms with Gasteiger partial charge in [0.2, 0.25) is 5.79 Å². The summed E-state index contributed by atoms with van der Waals surface area (Å²) in [6.07, 6.45) is 5.39. The number of rotatable bonds is 27. The number of carbonyl (C=O) groups excluding carboxylic acids is 2. The van der Waals surface area contributed by atoms with E-state index in [0.717, 1.165) is 0 Å². The molecule has 406 valence electrons. The van der Waals surface area contributed by atoms with Crippen molar-refractivity contribution in [3.63, 3.8) is 0 Å². The Morgan fingerprint density at radius 3 is 2.18 bits per heavy atom. The van der Waals surface area contributed by atoms with Crippen molar-refractivity contribution in [2.75, 3.05) is 65.7 Å². The number of benzene rings is 4. The van der Waals surface area contributed by atoms with Crippen LogP contribution in [0.5, 0.6) is 28.7 Å². The summed E-state index contributed by atoms with van der Waals surface area (Å²) < 4.78 is 42.8. The maximum absolute atomic E-state index is 14.9. The molecule has 4 N–H and O–H groups in total. The first-order valence-electron chi connectivity index (χ1n) is 24.9. The predicted molar refractivity (Wildman–Crippen MR) is 276 cm³/mol. The lowest BCUT2D eigenvalue weighted by Crippen LogP contribution is -2.70. The summed E-state index contributed by atoms with van der Waals surface area (Å²) in [6.45, 7) is 3.12. The fourth-order valence-corrected chi connectivity index (χ4v) is 10.3. The number of carbonyl (C=O) groups is 2. The molecule has 7 rings (SSSR count). The highest BCUT2D eigenvalue weighted by Crippen LogP contribution is 2.62. The highest BCUT2D eigenvalue weighted by atomic mass is 16.7. The molecule has 1 aliphatic heterocycles. The summed E-state index contributed by atoms with van der Waals surface area (Å²) in [7, 11) is 2.97. The Labute approximate surface area is 438 Å². The lowest BCUT2D eigenvalue weighted by molar-refractivity contribution is -0.385. The molecule has 1 heterocycles. The quantitative estimate of drug-likeness (QED) is 0.0188. The number of aliphatic hydroxyl groups is 3. The number of anilines is 1. The van der Waals surface area contributed by atoms with Crippen LogP contribution in [0, 0.1) is 38.0 Å². The van der Waals surface area contributed by atoms with Gasteiger partial charge >= 0.3 is 12.2 Å². The van der Waals surface area contributed by atoms with Crippen LogP contribution in [0.15, 0.2) is 114 Å². The largest absolute Gasteiger partial charge is 0.497 e. The van der Waals surface area contributed by atoms with Gasteiger partial charge in [-0.3, -0.25) is 30.4 Å². The fraction of sp³-hybridized carbons (Fsp3) is 0.426. The predicted octanol–water partition coefficient (Wildman–Crippen LogP) is 8.47. The smallest absolute Gasteiger partial charge is 0.417 e. The summed E-state index contributed by atoms with van der Waals surface area (Å²) in [5.41, 5.74) is 2.29. The van der Waals surface area contributed by atoms with Crippen molar-refractivity contribution in [1.29, 1.82) is 0 Å². The number of hydrogen-bond donors (Lipinski definition) is 4. The van der Waals surface area contributed by atoms with Crippen LogP contribution in [0.1, 0.15) is 62.0 Å². The first-order valence-corrected chi connectivity index (χ1v) is 24.9. The van der Waals surface area contributed by atoms with E-state index in [1.165, 1.54) is 55.5 Å². The number of ether oxygens (including phenoxy) is 7. The Balaban J connectivity index is 1.41. The van der Waals surface area contributed by atoms with Crippen LogP contribution in [0.3, 0.4) is 0 Å². The number of nitrogens with zero attached hydrogens (tertiary/aromatic N) is 4. The van der Waals surface area contributed by atoms with Gasteiger partial charge in [0.25, 0.3) is 11.4 Å². The third-order valence-electron chi connectivity index (χ3n) is 13.6. The molecule has 76 heavy (non-hydrogen) atoms. The van der Waals surface area contributed by atoms with Gasteiger partial charge in [-0.15, -0.1) is 6.58 Å². The van der Waals surface area contributed by atoms with E-state index in [-0.39, 0.29) is 93.9 Å². The summed E-state index contributed by atoms with van der Waals surface area (Å²) in [5, 5.41) is 60.3. The third kappa shape index (κ3) is 13.2. The molecule has 0 radical (unpaired) electrons. The van der Waals surface area contributed by atoms with Crippen molar-refractivity contribution in [1.82, 2.24) is 4.90 Å². The van der Waals surface area contributed by atoms with E-state index >= 15 is 0 Å². The Kier molecular flexibility index (Phi) is 19.7. The molecule has 1 saturated carbocycles. The van der Waals surface area contributed by atoms with Crippen molar-refractivity contribution >= 4 is 35.0 Å². The van der Waals surface area contributed by atoms with E-state index in [1.54, 1.807) is 54.6 Å². The monoisotopic (exact) mass is 1050 g/mol. The number of amides is 2. The molecule has 0 bridgehead atoms. The normalized spacial score (nSPS) is 20.7. The SMILES string of the molecule is C=CCOC12Oc3ccc(OC(=O)Nc4ccc(OC)cc4OC)cc3C3C(CCCCO)C(CCCCO)C=C(C(=NOCc4ccc([N+](=O)[O-])cc4)CC1N(CCOCCO)C(=O)Oc1ccc([N+](=O)[O-])cc1)C32. The van der Waals surface area contributed by atoms with Gasteiger partial charge in [0.05, 0.1) is 67.8 Å². The Bertz CT molecular complexity index is 2720. The minimum atomic E-state index is -1.78. The molecule has 0 spiro atoms. The molecule has 4 aromatic carbocycles. The minimum absolute atomic E-state index is 0.00299. The van der Waals surface area contributed by atoms with E-state index < -0.39 is 45.7 Å². The van der Waals surface area contributed by atoms with E-state index in [0.29, 0.717) is 83.9 Å². The zero-order valence-electron chi connectivity index (χ0n) is 42.3. The number of oxime groups is 1. The van der Waals surface area contributed by atoms with Crippen LogP contribution in [0.2, 0.25) is 0 Å². The van der Waals surface area contributed by atoms with Crippen LogP contribution in [-0.2, 0) is 20.9 Å². The number of unbranched alkanes of at least 4 members (excludes halogenated alkanes) is 2. The molecule has 2 aliphatic carbocycles. The fourth-order valence-electron chi connectivity index (χ4n) is 10.3. The number of nitrogens with one attached hydrogen (secondary N) is 1. The molecule has 0 saturated heterocycles. The molecule has 3 aliphatic rings. The second-order valence-electron chi connectivity index (χ2n) is 18.2. The highest BCUT2D eigenvalue weighted by Gasteiger charge is 2.66. The van der Waals surface area contributed by atoms with Crippen LogP contribution in [-0.4, -0.2) is 120 Å². The maximum atomic E-state index is 14.9. The standard InChI is InChI=1S/C54H63N5O17/c1-4-27-72-54-49(57(23-28-71-29-26-62)53(64)75-39-17-15-38(16-18-39)59(67)68)33-46(56-73-34-35-11-13-37(14-12-35)58(65)66)43-30-36(9-5-7-24-60)42(10-6-8-25-61)50(51(43)54)44-31-41(20-22-47(44)76-54)74-52(63)55-45-21-19-40(69-2)32-48(45)70-3/h4,11-22,30-32,36,42,49-51,60-62H,1,5-10,23-29,33-34H2,2-3H3,(H,55,63). The van der Waals surface area contributed by atoms with Crippen LogP contribution in [0.25, 0.3) is 0 Å². The number of nitro benzene ring substituents is 2. The third-order valence-corrected chi connectivity index (χ3v) is 13.6. The molecule has 6 atom stereocenters. The Hall–Kier alpha value is -7.63. The number of nitro groups is 2. The zero-order chi connectivity index (χ0) is 54.2. The minimum Gasteiger partial charge on any atom is -0.497 e. The van der Waals surface area contributed by atoms with Gasteiger partial charge in [0.1, 0.15) is 41.4 Å². The van der Waals surface area contributed by atoms with E-state index in [2.05, 4.69) is 18.0 Å². The van der Waals surface area contributed by atoms with Crippen LogP contribution in [0.4, 0.5) is 26.7 Å². The molecule has 4 aromatic rings. The number of non-ortho nitro benzene ring substituents is 2. The zero-order valence-corrected chi connectivity index (χ0v) is 42.3. The first kappa shape index (κ1) is 56.1. The topological polar surface area (TPSA) is 283 Å². The van der Waals surface area contributed by atoms with Crippen molar-refractivity contribution in [2.45, 2.75) is 69.3 Å². The number of allylic oxidation sites excluding steroid dienone is 1. The molecule has 2 amide bonds. The number of methoxy groups -OCH3 is 2. The van der Waals surface area contributed by atoms with Crippen LogP contribution < -0.4 is 29.0 Å². The number of fused-ring (bicyclic) bond motifs is 2. The van der Waals surface area contributed by atoms with E-state index in [4.69, 9.17) is 43.2 Å². The summed E-state index contributed by atoms with van der Waals surface area (Å²) in [6, 6.07) is 19.6. The van der Waals surface area contributed by atoms with Gasteiger partial charge in [-0.2, -0.15) is 0 Å². The lowest BCUT2D eigenvalue weighted by Gasteiger charge is -2.59. The van der Waals surface area contributed by atoms with Gasteiger partial charge in [-0.25, -0.2) is 9.59 Å². The van der Waals surface area contributed by atoms with Gasteiger partial charge < -0.3 is 53.3 Å². The summed E-state index contributed by atoms with van der Waals surface area (Å²) in [4.78, 5) is 58.1. The second-order valence-corrected chi connectivity index (χ2v) is 18.2.